The summed E-state index contributed by atoms with van der Waals surface area (Å²) < 4.78 is 15.0. The molecule has 0 saturated carbocycles. The second kappa shape index (κ2) is 6.06. The summed E-state index contributed by atoms with van der Waals surface area (Å²) >= 11 is 0. The van der Waals surface area contributed by atoms with Crippen LogP contribution in [0.3, 0.4) is 0 Å². The van der Waals surface area contributed by atoms with Crippen molar-refractivity contribution >= 4 is 11.9 Å². The molecule has 0 atom stereocenters. The minimum atomic E-state index is -0.383. The Morgan fingerprint density at radius 2 is 1.80 bits per heavy atom. The van der Waals surface area contributed by atoms with Gasteiger partial charge in [0.2, 0.25) is 0 Å². The van der Waals surface area contributed by atoms with Gasteiger partial charge >= 0.3 is 11.9 Å². The summed E-state index contributed by atoms with van der Waals surface area (Å²) in [6.07, 6.45) is 0. The summed E-state index contributed by atoms with van der Waals surface area (Å²) in [5, 5.41) is 0. The molecule has 0 amide bonds. The first kappa shape index (κ1) is 13.9. The molecule has 0 N–H and O–H groups in total. The number of hydrogen-bond acceptors (Lipinski definition) is 5. The van der Waals surface area contributed by atoms with Crippen LogP contribution in [-0.2, 0) is 20.9 Å². The van der Waals surface area contributed by atoms with E-state index in [1.807, 2.05) is 0 Å². The number of benzene rings is 1. The lowest BCUT2D eigenvalue weighted by atomic mass is 10.1. The number of hydrogen-bond donors (Lipinski definition) is 0. The lowest BCUT2D eigenvalue weighted by Crippen LogP contribution is -2.00. The third-order valence-corrected chi connectivity index (χ3v) is 2.67. The predicted molar refractivity (Wildman–Crippen MR) is 71.0 cm³/mol. The first-order chi connectivity index (χ1) is 9.60. The number of esters is 2. The molecule has 0 radical (unpaired) electrons. The fourth-order valence-electron chi connectivity index (χ4n) is 1.67. The molecule has 1 heterocycles. The molecule has 20 heavy (non-hydrogen) atoms. The van der Waals surface area contributed by atoms with Crippen molar-refractivity contribution in [3.8, 4) is 11.3 Å². The van der Waals surface area contributed by atoms with E-state index in [1.165, 1.54) is 14.0 Å². The van der Waals surface area contributed by atoms with Gasteiger partial charge in [-0.3, -0.25) is 4.79 Å². The van der Waals surface area contributed by atoms with E-state index in [9.17, 15) is 9.59 Å². The topological polar surface area (TPSA) is 65.7 Å². The van der Waals surface area contributed by atoms with Gasteiger partial charge in [0.1, 0.15) is 18.1 Å². The average Bonchev–Trinajstić information content (AvgIpc) is 2.93. The Bertz CT molecular complexity index is 609. The van der Waals surface area contributed by atoms with Crippen LogP contribution in [-0.4, -0.2) is 19.0 Å². The van der Waals surface area contributed by atoms with Crippen LogP contribution in [0.4, 0.5) is 0 Å². The number of carbonyl (C=O) groups is 2. The number of carbonyl (C=O) groups excluding carboxylic acids is 2. The van der Waals surface area contributed by atoms with Gasteiger partial charge in [-0.2, -0.15) is 0 Å². The largest absolute Gasteiger partial charge is 0.465 e. The molecule has 0 fully saturated rings. The van der Waals surface area contributed by atoms with Gasteiger partial charge in [0, 0.05) is 12.5 Å². The monoisotopic (exact) mass is 274 g/mol. The molecule has 0 aliphatic carbocycles. The number of methoxy groups -OCH3 is 1. The zero-order valence-electron chi connectivity index (χ0n) is 11.2. The Balaban J connectivity index is 2.11. The Morgan fingerprint density at radius 3 is 2.40 bits per heavy atom. The number of rotatable bonds is 4. The first-order valence-corrected chi connectivity index (χ1v) is 6.01. The average molecular weight is 274 g/mol. The summed E-state index contributed by atoms with van der Waals surface area (Å²) in [6.45, 7) is 1.45. The summed E-state index contributed by atoms with van der Waals surface area (Å²) in [5.74, 6) is 0.465. The van der Waals surface area contributed by atoms with Gasteiger partial charge in [-0.25, -0.2) is 4.79 Å². The maximum atomic E-state index is 11.3. The summed E-state index contributed by atoms with van der Waals surface area (Å²) in [5.41, 5.74) is 1.30. The fraction of sp³-hybridized carbons (Fsp3) is 0.200. The predicted octanol–water partition coefficient (Wildman–Crippen LogP) is 2.80. The smallest absolute Gasteiger partial charge is 0.337 e. The lowest BCUT2D eigenvalue weighted by molar-refractivity contribution is -0.142. The SMILES string of the molecule is COC(=O)c1ccc(-c2ccc(COC(C)=O)o2)cc1. The third-order valence-electron chi connectivity index (χ3n) is 2.67. The van der Waals surface area contributed by atoms with Gasteiger partial charge in [0.25, 0.3) is 0 Å². The molecule has 2 aromatic rings. The molecule has 5 nitrogen and oxygen atoms in total. The van der Waals surface area contributed by atoms with E-state index in [4.69, 9.17) is 9.15 Å². The summed E-state index contributed by atoms with van der Waals surface area (Å²) in [4.78, 5) is 22.0. The standard InChI is InChI=1S/C15H14O5/c1-10(16)19-9-13-7-8-14(20-13)11-3-5-12(6-4-11)15(17)18-2/h3-8H,9H2,1-2H3. The van der Waals surface area contributed by atoms with Gasteiger partial charge in [0.15, 0.2) is 0 Å². The number of ether oxygens (including phenoxy) is 2. The molecule has 1 aromatic heterocycles. The molecule has 5 heteroatoms. The van der Waals surface area contributed by atoms with E-state index >= 15 is 0 Å². The van der Waals surface area contributed by atoms with Gasteiger partial charge in [-0.05, 0) is 24.3 Å². The van der Waals surface area contributed by atoms with E-state index in [0.717, 1.165) is 5.56 Å². The zero-order valence-corrected chi connectivity index (χ0v) is 11.2. The highest BCUT2D eigenvalue weighted by Crippen LogP contribution is 2.23. The van der Waals surface area contributed by atoms with E-state index in [-0.39, 0.29) is 18.5 Å². The van der Waals surface area contributed by atoms with Gasteiger partial charge in [0.05, 0.1) is 12.7 Å². The molecule has 0 aliphatic heterocycles. The molecule has 1 aromatic carbocycles. The maximum absolute atomic E-state index is 11.3. The molecule has 0 aliphatic rings. The minimum absolute atomic E-state index is 0.107. The summed E-state index contributed by atoms with van der Waals surface area (Å²) in [6, 6.07) is 10.4. The van der Waals surface area contributed by atoms with E-state index in [1.54, 1.807) is 36.4 Å². The Kier molecular flexibility index (Phi) is 4.20. The molecule has 0 bridgehead atoms. The van der Waals surface area contributed by atoms with Crippen LogP contribution < -0.4 is 0 Å². The molecule has 0 unspecified atom stereocenters. The molecule has 2 rings (SSSR count). The van der Waals surface area contributed by atoms with Gasteiger partial charge in [-0.1, -0.05) is 12.1 Å². The molecule has 0 spiro atoms. The van der Waals surface area contributed by atoms with Crippen molar-refractivity contribution in [2.24, 2.45) is 0 Å². The zero-order chi connectivity index (χ0) is 14.5. The van der Waals surface area contributed by atoms with Crippen molar-refractivity contribution in [2.75, 3.05) is 7.11 Å². The fourth-order valence-corrected chi connectivity index (χ4v) is 1.67. The van der Waals surface area contributed by atoms with Crippen LogP contribution in [0.5, 0.6) is 0 Å². The second-order valence-electron chi connectivity index (χ2n) is 4.12. The van der Waals surface area contributed by atoms with E-state index in [0.29, 0.717) is 17.1 Å². The van der Waals surface area contributed by atoms with Crippen molar-refractivity contribution in [1.82, 2.24) is 0 Å². The lowest BCUT2D eigenvalue weighted by Gasteiger charge is -2.01. The van der Waals surface area contributed by atoms with E-state index in [2.05, 4.69) is 4.74 Å². The second-order valence-corrected chi connectivity index (χ2v) is 4.12. The molecule has 104 valence electrons. The van der Waals surface area contributed by atoms with Gasteiger partial charge in [-0.15, -0.1) is 0 Å². The van der Waals surface area contributed by atoms with Crippen LogP contribution >= 0.6 is 0 Å². The van der Waals surface area contributed by atoms with Crippen molar-refractivity contribution < 1.29 is 23.5 Å². The number of furan rings is 1. The van der Waals surface area contributed by atoms with Gasteiger partial charge < -0.3 is 13.9 Å². The Labute approximate surface area is 116 Å². The van der Waals surface area contributed by atoms with Crippen molar-refractivity contribution in [2.45, 2.75) is 13.5 Å². The maximum Gasteiger partial charge on any atom is 0.337 e. The molecule has 0 saturated heterocycles. The highest BCUT2D eigenvalue weighted by atomic mass is 16.5. The quantitative estimate of drug-likeness (QED) is 0.802. The normalized spacial score (nSPS) is 10.1. The molecular weight excluding hydrogens is 260 g/mol. The van der Waals surface area contributed by atoms with Crippen molar-refractivity contribution in [3.05, 3.63) is 47.7 Å². The van der Waals surface area contributed by atoms with Crippen LogP contribution in [0.25, 0.3) is 11.3 Å². The van der Waals surface area contributed by atoms with Crippen LogP contribution in [0.15, 0.2) is 40.8 Å². The summed E-state index contributed by atoms with van der Waals surface area (Å²) in [7, 11) is 1.34. The Hall–Kier alpha value is -2.56. The van der Waals surface area contributed by atoms with Crippen LogP contribution in [0.1, 0.15) is 23.0 Å². The van der Waals surface area contributed by atoms with Crippen molar-refractivity contribution in [1.29, 1.82) is 0 Å². The van der Waals surface area contributed by atoms with E-state index < -0.39 is 0 Å². The van der Waals surface area contributed by atoms with Crippen LogP contribution in [0.2, 0.25) is 0 Å². The first-order valence-electron chi connectivity index (χ1n) is 6.01. The Morgan fingerprint density at radius 1 is 1.10 bits per heavy atom. The highest BCUT2D eigenvalue weighted by molar-refractivity contribution is 5.89. The minimum Gasteiger partial charge on any atom is -0.465 e. The van der Waals surface area contributed by atoms with Crippen molar-refractivity contribution in [3.63, 3.8) is 0 Å². The third kappa shape index (κ3) is 3.26. The van der Waals surface area contributed by atoms with Crippen LogP contribution in [0, 0.1) is 0 Å². The molecular formula is C15H14O5. The highest BCUT2D eigenvalue weighted by Gasteiger charge is 2.08.